The Labute approximate surface area is 122 Å². The van der Waals surface area contributed by atoms with Crippen LogP contribution in [-0.4, -0.2) is 30.5 Å². The Kier molecular flexibility index (Phi) is 5.00. The van der Waals surface area contributed by atoms with Crippen molar-refractivity contribution in [1.29, 1.82) is 0 Å². The standard InChI is InChI=1S/C14H20INO2/c1-11(12-2-4-13(15)5-3-12)16-10-14(17)6-8-18-9-7-14/h2-5,11,16-17H,6-10H2,1H3. The maximum Gasteiger partial charge on any atom is 0.0815 e. The molecule has 0 aliphatic carbocycles. The van der Waals surface area contributed by atoms with Crippen LogP contribution in [0.3, 0.4) is 0 Å². The lowest BCUT2D eigenvalue weighted by Crippen LogP contribution is -2.45. The summed E-state index contributed by atoms with van der Waals surface area (Å²) in [5, 5.41) is 13.8. The lowest BCUT2D eigenvalue weighted by atomic mass is 9.94. The first-order valence-corrected chi connectivity index (χ1v) is 7.46. The van der Waals surface area contributed by atoms with Crippen molar-refractivity contribution in [3.8, 4) is 0 Å². The maximum atomic E-state index is 10.4. The summed E-state index contributed by atoms with van der Waals surface area (Å²) in [6, 6.07) is 8.74. The van der Waals surface area contributed by atoms with Crippen LogP contribution in [0.1, 0.15) is 31.4 Å². The van der Waals surface area contributed by atoms with E-state index in [-0.39, 0.29) is 6.04 Å². The third-order valence-corrected chi connectivity index (χ3v) is 4.25. The Bertz CT molecular complexity index is 374. The molecule has 0 aromatic heterocycles. The second kappa shape index (κ2) is 6.32. The fourth-order valence-electron chi connectivity index (χ4n) is 2.14. The van der Waals surface area contributed by atoms with Gasteiger partial charge in [0.15, 0.2) is 0 Å². The summed E-state index contributed by atoms with van der Waals surface area (Å²) in [4.78, 5) is 0. The molecule has 4 heteroatoms. The Morgan fingerprint density at radius 3 is 2.56 bits per heavy atom. The first kappa shape index (κ1) is 14.2. The lowest BCUT2D eigenvalue weighted by molar-refractivity contribution is -0.0626. The molecule has 0 saturated carbocycles. The molecule has 1 aliphatic heterocycles. The molecule has 2 N–H and O–H groups in total. The van der Waals surface area contributed by atoms with Crippen molar-refractivity contribution in [1.82, 2.24) is 5.32 Å². The van der Waals surface area contributed by atoms with E-state index in [9.17, 15) is 5.11 Å². The molecule has 1 fully saturated rings. The van der Waals surface area contributed by atoms with Crippen LogP contribution in [0.2, 0.25) is 0 Å². The normalized spacial score (nSPS) is 20.6. The van der Waals surface area contributed by atoms with Gasteiger partial charge in [-0.2, -0.15) is 0 Å². The first-order valence-electron chi connectivity index (χ1n) is 6.38. The molecule has 0 spiro atoms. The molecule has 1 atom stereocenters. The Morgan fingerprint density at radius 2 is 1.94 bits per heavy atom. The van der Waals surface area contributed by atoms with Crippen molar-refractivity contribution in [3.05, 3.63) is 33.4 Å². The lowest BCUT2D eigenvalue weighted by Gasteiger charge is -2.33. The third-order valence-electron chi connectivity index (χ3n) is 3.53. The van der Waals surface area contributed by atoms with Crippen LogP contribution in [-0.2, 0) is 4.74 Å². The van der Waals surface area contributed by atoms with Crippen molar-refractivity contribution in [2.24, 2.45) is 0 Å². The van der Waals surface area contributed by atoms with E-state index < -0.39 is 5.60 Å². The van der Waals surface area contributed by atoms with Gasteiger partial charge in [-0.05, 0) is 47.2 Å². The van der Waals surface area contributed by atoms with Gasteiger partial charge in [-0.15, -0.1) is 0 Å². The first-order chi connectivity index (χ1) is 8.59. The maximum absolute atomic E-state index is 10.4. The predicted octanol–water partition coefficient (Wildman–Crippen LogP) is 2.48. The zero-order chi connectivity index (χ0) is 13.0. The molecular formula is C14H20INO2. The van der Waals surface area contributed by atoms with Gasteiger partial charge in [-0.25, -0.2) is 0 Å². The SMILES string of the molecule is CC(NCC1(O)CCOCC1)c1ccc(I)cc1. The smallest absolute Gasteiger partial charge is 0.0815 e. The number of benzene rings is 1. The summed E-state index contributed by atoms with van der Waals surface area (Å²) in [5.41, 5.74) is 0.654. The summed E-state index contributed by atoms with van der Waals surface area (Å²) in [7, 11) is 0. The predicted molar refractivity (Wildman–Crippen MR) is 80.6 cm³/mol. The molecule has 100 valence electrons. The fraction of sp³-hybridized carbons (Fsp3) is 0.571. The molecular weight excluding hydrogens is 341 g/mol. The molecule has 2 rings (SSSR count). The van der Waals surface area contributed by atoms with E-state index in [4.69, 9.17) is 4.74 Å². The van der Waals surface area contributed by atoms with Crippen molar-refractivity contribution in [3.63, 3.8) is 0 Å². The van der Waals surface area contributed by atoms with Gasteiger partial charge in [0.2, 0.25) is 0 Å². The van der Waals surface area contributed by atoms with Crippen LogP contribution in [0.25, 0.3) is 0 Å². The monoisotopic (exact) mass is 361 g/mol. The van der Waals surface area contributed by atoms with Gasteiger partial charge in [0.05, 0.1) is 5.60 Å². The molecule has 1 aliphatic rings. The molecule has 1 saturated heterocycles. The van der Waals surface area contributed by atoms with Crippen LogP contribution < -0.4 is 5.32 Å². The minimum absolute atomic E-state index is 0.258. The van der Waals surface area contributed by atoms with Gasteiger partial charge in [0, 0.05) is 42.2 Å². The highest BCUT2D eigenvalue weighted by Crippen LogP contribution is 2.21. The number of rotatable bonds is 4. The van der Waals surface area contributed by atoms with Gasteiger partial charge in [-0.3, -0.25) is 0 Å². The van der Waals surface area contributed by atoms with Crippen LogP contribution in [0, 0.1) is 3.57 Å². The zero-order valence-corrected chi connectivity index (χ0v) is 12.8. The Balaban J connectivity index is 1.87. The van der Waals surface area contributed by atoms with Crippen LogP contribution in [0.15, 0.2) is 24.3 Å². The average Bonchev–Trinajstić information content (AvgIpc) is 2.38. The topological polar surface area (TPSA) is 41.5 Å². The van der Waals surface area contributed by atoms with Gasteiger partial charge in [0.1, 0.15) is 0 Å². The number of hydrogen-bond acceptors (Lipinski definition) is 3. The summed E-state index contributed by atoms with van der Waals surface area (Å²) >= 11 is 2.30. The minimum Gasteiger partial charge on any atom is -0.388 e. The quantitative estimate of drug-likeness (QED) is 0.810. The third kappa shape index (κ3) is 3.91. The summed E-state index contributed by atoms with van der Waals surface area (Å²) in [5.74, 6) is 0. The number of hydrogen-bond donors (Lipinski definition) is 2. The molecule has 1 aromatic carbocycles. The van der Waals surface area contributed by atoms with E-state index in [2.05, 4.69) is 59.1 Å². The van der Waals surface area contributed by atoms with E-state index in [1.54, 1.807) is 0 Å². The van der Waals surface area contributed by atoms with Crippen LogP contribution in [0.4, 0.5) is 0 Å². The highest BCUT2D eigenvalue weighted by molar-refractivity contribution is 14.1. The zero-order valence-electron chi connectivity index (χ0n) is 10.7. The number of halogens is 1. The number of aliphatic hydroxyl groups is 1. The molecule has 1 heterocycles. The molecule has 1 aromatic rings. The second-order valence-corrected chi connectivity index (χ2v) is 6.24. The Hall–Kier alpha value is -0.170. The molecule has 18 heavy (non-hydrogen) atoms. The van der Waals surface area contributed by atoms with Crippen molar-refractivity contribution in [2.75, 3.05) is 19.8 Å². The highest BCUT2D eigenvalue weighted by atomic mass is 127. The van der Waals surface area contributed by atoms with Gasteiger partial charge >= 0.3 is 0 Å². The summed E-state index contributed by atoms with van der Waals surface area (Å²) in [6.45, 7) is 4.08. The van der Waals surface area contributed by atoms with Crippen molar-refractivity contribution in [2.45, 2.75) is 31.4 Å². The van der Waals surface area contributed by atoms with E-state index in [1.807, 2.05) is 0 Å². The molecule has 3 nitrogen and oxygen atoms in total. The second-order valence-electron chi connectivity index (χ2n) is 4.99. The minimum atomic E-state index is -0.601. The van der Waals surface area contributed by atoms with E-state index >= 15 is 0 Å². The van der Waals surface area contributed by atoms with Gasteiger partial charge in [-0.1, -0.05) is 12.1 Å². The van der Waals surface area contributed by atoms with Crippen molar-refractivity contribution >= 4 is 22.6 Å². The highest BCUT2D eigenvalue weighted by Gasteiger charge is 2.29. The molecule has 0 radical (unpaired) electrons. The van der Waals surface area contributed by atoms with E-state index in [1.165, 1.54) is 9.13 Å². The van der Waals surface area contributed by atoms with Crippen molar-refractivity contribution < 1.29 is 9.84 Å². The fourth-order valence-corrected chi connectivity index (χ4v) is 2.50. The largest absolute Gasteiger partial charge is 0.388 e. The van der Waals surface area contributed by atoms with E-state index in [0.29, 0.717) is 19.8 Å². The number of ether oxygens (including phenoxy) is 1. The Morgan fingerprint density at radius 1 is 1.33 bits per heavy atom. The summed E-state index contributed by atoms with van der Waals surface area (Å²) in [6.07, 6.45) is 1.44. The number of nitrogens with one attached hydrogen (secondary N) is 1. The van der Waals surface area contributed by atoms with Gasteiger partial charge < -0.3 is 15.2 Å². The average molecular weight is 361 g/mol. The van der Waals surface area contributed by atoms with Gasteiger partial charge in [0.25, 0.3) is 0 Å². The van der Waals surface area contributed by atoms with E-state index in [0.717, 1.165) is 12.8 Å². The van der Waals surface area contributed by atoms with Crippen LogP contribution >= 0.6 is 22.6 Å². The molecule has 0 bridgehead atoms. The molecule has 1 unspecified atom stereocenters. The summed E-state index contributed by atoms with van der Waals surface area (Å²) < 4.78 is 6.52. The van der Waals surface area contributed by atoms with Crippen LogP contribution in [0.5, 0.6) is 0 Å². The molecule has 0 amide bonds.